The van der Waals surface area contributed by atoms with Crippen molar-refractivity contribution >= 4 is 0 Å². The number of ether oxygens (including phenoxy) is 1. The van der Waals surface area contributed by atoms with E-state index in [1.807, 2.05) is 18.4 Å². The molecule has 15 heavy (non-hydrogen) atoms. The van der Waals surface area contributed by atoms with Crippen LogP contribution in [-0.2, 0) is 24.5 Å². The quantitative estimate of drug-likeness (QED) is 0.769. The van der Waals surface area contributed by atoms with Crippen LogP contribution in [0.15, 0.2) is 0 Å². The lowest BCUT2D eigenvalue weighted by Gasteiger charge is -2.09. The van der Waals surface area contributed by atoms with Gasteiger partial charge in [-0.25, -0.2) is 0 Å². The number of aliphatic hydroxyl groups is 1. The van der Waals surface area contributed by atoms with Crippen molar-refractivity contribution in [2.75, 3.05) is 0 Å². The smallest absolute Gasteiger partial charge is 0.159 e. The van der Waals surface area contributed by atoms with Gasteiger partial charge in [0, 0.05) is 6.54 Å². The predicted octanol–water partition coefficient (Wildman–Crippen LogP) is 1.11. The molecule has 0 fully saturated rings. The Balaban J connectivity index is 2.72. The first-order valence-electron chi connectivity index (χ1n) is 5.32. The molecule has 0 saturated carbocycles. The SMILES string of the molecule is CCCn1c(CO)nnc1COC(C)C. The van der Waals surface area contributed by atoms with Crippen LogP contribution in [0, 0.1) is 0 Å². The van der Waals surface area contributed by atoms with E-state index in [-0.39, 0.29) is 12.7 Å². The van der Waals surface area contributed by atoms with Gasteiger partial charge in [0.2, 0.25) is 0 Å². The molecule has 1 N–H and O–H groups in total. The molecule has 86 valence electrons. The van der Waals surface area contributed by atoms with Crippen LogP contribution in [0.5, 0.6) is 0 Å². The lowest BCUT2D eigenvalue weighted by atomic mass is 10.4. The number of aromatic nitrogens is 3. The molecule has 0 saturated heterocycles. The van der Waals surface area contributed by atoms with Crippen LogP contribution in [0.3, 0.4) is 0 Å². The van der Waals surface area contributed by atoms with E-state index in [1.54, 1.807) is 0 Å². The Bertz CT molecular complexity index is 297. The van der Waals surface area contributed by atoms with Crippen LogP contribution in [0.25, 0.3) is 0 Å². The average Bonchev–Trinajstić information content (AvgIpc) is 2.58. The van der Waals surface area contributed by atoms with Crippen LogP contribution in [0.2, 0.25) is 0 Å². The monoisotopic (exact) mass is 213 g/mol. The molecule has 1 aromatic heterocycles. The van der Waals surface area contributed by atoms with Crippen molar-refractivity contribution in [3.05, 3.63) is 11.6 Å². The summed E-state index contributed by atoms with van der Waals surface area (Å²) >= 11 is 0. The van der Waals surface area contributed by atoms with E-state index in [0.717, 1.165) is 18.8 Å². The molecular formula is C10H19N3O2. The Morgan fingerprint density at radius 2 is 2.00 bits per heavy atom. The average molecular weight is 213 g/mol. The molecule has 1 heterocycles. The number of rotatable bonds is 6. The topological polar surface area (TPSA) is 60.2 Å². The third-order valence-electron chi connectivity index (χ3n) is 2.04. The summed E-state index contributed by atoms with van der Waals surface area (Å²) in [6, 6.07) is 0. The number of aliphatic hydroxyl groups excluding tert-OH is 1. The number of hydrogen-bond acceptors (Lipinski definition) is 4. The summed E-state index contributed by atoms with van der Waals surface area (Å²) in [5, 5.41) is 17.0. The molecule has 0 aromatic carbocycles. The molecule has 5 nitrogen and oxygen atoms in total. The molecule has 0 bridgehead atoms. The van der Waals surface area contributed by atoms with Crippen LogP contribution < -0.4 is 0 Å². The normalized spacial score (nSPS) is 11.3. The standard InChI is InChI=1S/C10H19N3O2/c1-4-5-13-9(6-14)11-12-10(13)7-15-8(2)3/h8,14H,4-7H2,1-3H3. The van der Waals surface area contributed by atoms with Gasteiger partial charge in [-0.05, 0) is 20.3 Å². The summed E-state index contributed by atoms with van der Waals surface area (Å²) in [5.41, 5.74) is 0. The van der Waals surface area contributed by atoms with Gasteiger partial charge < -0.3 is 14.4 Å². The Hall–Kier alpha value is -0.940. The van der Waals surface area contributed by atoms with E-state index in [4.69, 9.17) is 9.84 Å². The third-order valence-corrected chi connectivity index (χ3v) is 2.04. The van der Waals surface area contributed by atoms with E-state index in [2.05, 4.69) is 17.1 Å². The Labute approximate surface area is 90.1 Å². The zero-order valence-corrected chi connectivity index (χ0v) is 9.60. The zero-order valence-electron chi connectivity index (χ0n) is 9.60. The first-order valence-corrected chi connectivity index (χ1v) is 5.32. The second-order valence-electron chi connectivity index (χ2n) is 3.70. The van der Waals surface area contributed by atoms with Crippen LogP contribution >= 0.6 is 0 Å². The maximum absolute atomic E-state index is 9.07. The fraction of sp³-hybridized carbons (Fsp3) is 0.800. The van der Waals surface area contributed by atoms with Gasteiger partial charge in [0.05, 0.1) is 6.10 Å². The second kappa shape index (κ2) is 5.82. The molecule has 0 atom stereocenters. The van der Waals surface area contributed by atoms with E-state index in [0.29, 0.717) is 12.4 Å². The Morgan fingerprint density at radius 1 is 1.33 bits per heavy atom. The Morgan fingerprint density at radius 3 is 2.53 bits per heavy atom. The number of hydrogen-bond donors (Lipinski definition) is 1. The minimum absolute atomic E-state index is 0.0747. The van der Waals surface area contributed by atoms with Crippen molar-refractivity contribution in [3.63, 3.8) is 0 Å². The molecule has 1 rings (SSSR count). The van der Waals surface area contributed by atoms with Crippen LogP contribution in [0.4, 0.5) is 0 Å². The van der Waals surface area contributed by atoms with Crippen molar-refractivity contribution in [2.24, 2.45) is 0 Å². The molecule has 0 amide bonds. The van der Waals surface area contributed by atoms with Gasteiger partial charge in [-0.1, -0.05) is 6.92 Å². The van der Waals surface area contributed by atoms with Crippen molar-refractivity contribution in [1.82, 2.24) is 14.8 Å². The third kappa shape index (κ3) is 3.28. The van der Waals surface area contributed by atoms with Crippen molar-refractivity contribution in [3.8, 4) is 0 Å². The highest BCUT2D eigenvalue weighted by atomic mass is 16.5. The lowest BCUT2D eigenvalue weighted by molar-refractivity contribution is 0.0590. The van der Waals surface area contributed by atoms with Gasteiger partial charge in [-0.15, -0.1) is 10.2 Å². The highest BCUT2D eigenvalue weighted by molar-refractivity contribution is 4.93. The summed E-state index contributed by atoms with van der Waals surface area (Å²) in [5.74, 6) is 1.40. The zero-order chi connectivity index (χ0) is 11.3. The fourth-order valence-corrected chi connectivity index (χ4v) is 1.32. The molecule has 0 radical (unpaired) electrons. The fourth-order valence-electron chi connectivity index (χ4n) is 1.32. The molecule has 0 spiro atoms. The highest BCUT2D eigenvalue weighted by Gasteiger charge is 2.10. The van der Waals surface area contributed by atoms with E-state index in [1.165, 1.54) is 0 Å². The van der Waals surface area contributed by atoms with E-state index >= 15 is 0 Å². The van der Waals surface area contributed by atoms with Gasteiger partial charge in [0.25, 0.3) is 0 Å². The molecule has 5 heteroatoms. The first-order chi connectivity index (χ1) is 7.19. The highest BCUT2D eigenvalue weighted by Crippen LogP contribution is 2.06. The minimum atomic E-state index is -0.0747. The Kier molecular flexibility index (Phi) is 4.71. The van der Waals surface area contributed by atoms with Gasteiger partial charge in [-0.2, -0.15) is 0 Å². The van der Waals surface area contributed by atoms with Gasteiger partial charge in [0.1, 0.15) is 13.2 Å². The second-order valence-corrected chi connectivity index (χ2v) is 3.70. The summed E-state index contributed by atoms with van der Waals surface area (Å²) in [6.45, 7) is 7.23. The minimum Gasteiger partial charge on any atom is -0.388 e. The molecule has 0 aliphatic heterocycles. The first kappa shape index (κ1) is 12.1. The maximum atomic E-state index is 9.07. The van der Waals surface area contributed by atoms with Gasteiger partial charge in [-0.3, -0.25) is 0 Å². The molecule has 0 aliphatic carbocycles. The predicted molar refractivity (Wildman–Crippen MR) is 56.2 cm³/mol. The largest absolute Gasteiger partial charge is 0.388 e. The summed E-state index contributed by atoms with van der Waals surface area (Å²) in [7, 11) is 0. The molecule has 0 unspecified atom stereocenters. The van der Waals surface area contributed by atoms with Crippen molar-refractivity contribution in [2.45, 2.75) is 53.1 Å². The van der Waals surface area contributed by atoms with Gasteiger partial charge >= 0.3 is 0 Å². The summed E-state index contributed by atoms with van der Waals surface area (Å²) in [6.07, 6.45) is 1.16. The number of nitrogens with zero attached hydrogens (tertiary/aromatic N) is 3. The maximum Gasteiger partial charge on any atom is 0.159 e. The molecule has 1 aromatic rings. The van der Waals surface area contributed by atoms with E-state index < -0.39 is 0 Å². The van der Waals surface area contributed by atoms with Crippen LogP contribution in [-0.4, -0.2) is 26.0 Å². The summed E-state index contributed by atoms with van der Waals surface area (Å²) in [4.78, 5) is 0. The molecular weight excluding hydrogens is 194 g/mol. The lowest BCUT2D eigenvalue weighted by Crippen LogP contribution is -2.11. The van der Waals surface area contributed by atoms with Crippen molar-refractivity contribution in [1.29, 1.82) is 0 Å². The van der Waals surface area contributed by atoms with E-state index in [9.17, 15) is 0 Å². The summed E-state index contributed by atoms with van der Waals surface area (Å²) < 4.78 is 7.39. The van der Waals surface area contributed by atoms with Gasteiger partial charge in [0.15, 0.2) is 11.6 Å². The molecule has 0 aliphatic rings. The van der Waals surface area contributed by atoms with Crippen molar-refractivity contribution < 1.29 is 9.84 Å². The van der Waals surface area contributed by atoms with Crippen LogP contribution in [0.1, 0.15) is 38.8 Å².